The number of alkyl halides is 3. The van der Waals surface area contributed by atoms with Gasteiger partial charge in [0, 0.05) is 23.7 Å². The number of thioether (sulfide) groups is 1. The molecule has 0 fully saturated rings. The molecule has 2 N–H and O–H groups in total. The molecule has 0 bridgehead atoms. The summed E-state index contributed by atoms with van der Waals surface area (Å²) in [5.41, 5.74) is -3.62. The van der Waals surface area contributed by atoms with Crippen LogP contribution in [-0.4, -0.2) is 22.5 Å². The van der Waals surface area contributed by atoms with Crippen molar-refractivity contribution in [2.45, 2.75) is 10.4 Å². The van der Waals surface area contributed by atoms with E-state index in [0.29, 0.717) is 17.3 Å². The van der Waals surface area contributed by atoms with Gasteiger partial charge < -0.3 is 10.6 Å². The maximum absolute atomic E-state index is 12.2. The molecule has 0 spiro atoms. The standard InChI is InChI=1S/C12H11F3N4S/c1-16-10-6-11(18-7-17-10)19-8-2-4-9(5-3-8)20-12(13,14)15/h2-7H,1H3,(H2,16,17,18,19). The summed E-state index contributed by atoms with van der Waals surface area (Å²) in [5.74, 6) is 1.20. The minimum Gasteiger partial charge on any atom is -0.373 e. The summed E-state index contributed by atoms with van der Waals surface area (Å²) in [7, 11) is 1.73. The van der Waals surface area contributed by atoms with Crippen LogP contribution in [0.4, 0.5) is 30.5 Å². The van der Waals surface area contributed by atoms with Gasteiger partial charge in [-0.1, -0.05) is 0 Å². The van der Waals surface area contributed by atoms with Gasteiger partial charge in [-0.25, -0.2) is 9.97 Å². The third-order valence-corrected chi connectivity index (χ3v) is 3.02. The quantitative estimate of drug-likeness (QED) is 0.839. The van der Waals surface area contributed by atoms with Crippen molar-refractivity contribution in [2.24, 2.45) is 0 Å². The number of nitrogens with zero attached hydrogens (tertiary/aromatic N) is 2. The zero-order valence-electron chi connectivity index (χ0n) is 10.4. The maximum atomic E-state index is 12.2. The molecule has 0 aliphatic carbocycles. The smallest absolute Gasteiger partial charge is 0.373 e. The average molecular weight is 300 g/mol. The van der Waals surface area contributed by atoms with E-state index in [0.717, 1.165) is 0 Å². The van der Waals surface area contributed by atoms with Gasteiger partial charge in [0.05, 0.1) is 0 Å². The molecule has 0 saturated heterocycles. The zero-order valence-corrected chi connectivity index (χ0v) is 11.2. The van der Waals surface area contributed by atoms with Crippen LogP contribution in [0.3, 0.4) is 0 Å². The Hall–Kier alpha value is -1.96. The number of aromatic nitrogens is 2. The Labute approximate surface area is 117 Å². The molecular formula is C12H11F3N4S. The third-order valence-electron chi connectivity index (χ3n) is 2.28. The van der Waals surface area contributed by atoms with Gasteiger partial charge in [-0.05, 0) is 36.0 Å². The minimum absolute atomic E-state index is 0.140. The van der Waals surface area contributed by atoms with E-state index in [9.17, 15) is 13.2 Å². The van der Waals surface area contributed by atoms with Crippen LogP contribution < -0.4 is 10.6 Å². The molecule has 106 valence electrons. The number of nitrogens with one attached hydrogen (secondary N) is 2. The summed E-state index contributed by atoms with van der Waals surface area (Å²) in [6, 6.07) is 7.63. The average Bonchev–Trinajstić information content (AvgIpc) is 2.40. The van der Waals surface area contributed by atoms with Crippen LogP contribution >= 0.6 is 11.8 Å². The van der Waals surface area contributed by atoms with Crippen LogP contribution in [-0.2, 0) is 0 Å². The lowest BCUT2D eigenvalue weighted by Crippen LogP contribution is -1.99. The molecule has 0 unspecified atom stereocenters. The van der Waals surface area contributed by atoms with E-state index in [1.807, 2.05) is 0 Å². The highest BCUT2D eigenvalue weighted by molar-refractivity contribution is 8.00. The van der Waals surface area contributed by atoms with Gasteiger partial charge in [-0.2, -0.15) is 13.2 Å². The second-order valence-electron chi connectivity index (χ2n) is 3.74. The fraction of sp³-hybridized carbons (Fsp3) is 0.167. The van der Waals surface area contributed by atoms with Crippen LogP contribution in [0.15, 0.2) is 41.6 Å². The highest BCUT2D eigenvalue weighted by Gasteiger charge is 2.28. The summed E-state index contributed by atoms with van der Waals surface area (Å²) >= 11 is -0.142. The van der Waals surface area contributed by atoms with E-state index < -0.39 is 5.51 Å². The van der Waals surface area contributed by atoms with Crippen molar-refractivity contribution < 1.29 is 13.2 Å². The van der Waals surface area contributed by atoms with Crippen molar-refractivity contribution in [3.05, 3.63) is 36.7 Å². The van der Waals surface area contributed by atoms with Crippen LogP contribution in [0, 0.1) is 0 Å². The molecule has 4 nitrogen and oxygen atoms in total. The van der Waals surface area contributed by atoms with Crippen molar-refractivity contribution in [3.8, 4) is 0 Å². The topological polar surface area (TPSA) is 49.8 Å². The van der Waals surface area contributed by atoms with Crippen LogP contribution in [0.2, 0.25) is 0 Å². The van der Waals surface area contributed by atoms with Gasteiger partial charge in [0.1, 0.15) is 18.0 Å². The van der Waals surface area contributed by atoms with E-state index >= 15 is 0 Å². The lowest BCUT2D eigenvalue weighted by atomic mass is 10.3. The number of benzene rings is 1. The Balaban J connectivity index is 2.06. The van der Waals surface area contributed by atoms with Crippen molar-refractivity contribution in [1.29, 1.82) is 0 Å². The molecule has 0 aliphatic heterocycles. The molecule has 0 aliphatic rings. The number of rotatable bonds is 4. The van der Waals surface area contributed by atoms with Crippen molar-refractivity contribution in [3.63, 3.8) is 0 Å². The largest absolute Gasteiger partial charge is 0.446 e. The second-order valence-corrected chi connectivity index (χ2v) is 4.87. The number of hydrogen-bond acceptors (Lipinski definition) is 5. The number of anilines is 3. The molecule has 2 aromatic rings. The molecule has 1 aromatic heterocycles. The van der Waals surface area contributed by atoms with Gasteiger partial charge in [-0.3, -0.25) is 0 Å². The highest BCUT2D eigenvalue weighted by Crippen LogP contribution is 2.37. The van der Waals surface area contributed by atoms with Gasteiger partial charge in [0.2, 0.25) is 0 Å². The summed E-state index contributed by atoms with van der Waals surface area (Å²) < 4.78 is 36.6. The predicted molar refractivity (Wildman–Crippen MR) is 73.2 cm³/mol. The molecular weight excluding hydrogens is 289 g/mol. The Bertz CT molecular complexity index is 572. The van der Waals surface area contributed by atoms with Gasteiger partial charge in [0.25, 0.3) is 0 Å². The number of hydrogen-bond donors (Lipinski definition) is 2. The van der Waals surface area contributed by atoms with Crippen molar-refractivity contribution in [2.75, 3.05) is 17.7 Å². The Morgan fingerprint density at radius 3 is 2.30 bits per heavy atom. The lowest BCUT2D eigenvalue weighted by Gasteiger charge is -2.08. The van der Waals surface area contributed by atoms with Crippen molar-refractivity contribution in [1.82, 2.24) is 9.97 Å². The predicted octanol–water partition coefficient (Wildman–Crippen LogP) is 3.87. The molecule has 8 heteroatoms. The summed E-state index contributed by atoms with van der Waals surface area (Å²) in [6.45, 7) is 0. The first-order valence-corrected chi connectivity index (χ1v) is 6.40. The molecule has 20 heavy (non-hydrogen) atoms. The molecule has 2 rings (SSSR count). The van der Waals surface area contributed by atoms with Crippen molar-refractivity contribution >= 4 is 29.1 Å². The molecule has 1 aromatic carbocycles. The molecule has 0 radical (unpaired) electrons. The fourth-order valence-electron chi connectivity index (χ4n) is 1.45. The zero-order chi connectivity index (χ0) is 14.6. The van der Waals surface area contributed by atoms with Gasteiger partial charge in [0.15, 0.2) is 0 Å². The van der Waals surface area contributed by atoms with Gasteiger partial charge >= 0.3 is 5.51 Å². The summed E-state index contributed by atoms with van der Waals surface area (Å²) in [6.07, 6.45) is 1.39. The second kappa shape index (κ2) is 6.00. The Kier molecular flexibility index (Phi) is 4.33. The number of halogens is 3. The van der Waals surface area contributed by atoms with E-state index in [2.05, 4.69) is 20.6 Å². The summed E-state index contributed by atoms with van der Waals surface area (Å²) in [4.78, 5) is 8.12. The first kappa shape index (κ1) is 14.4. The van der Waals surface area contributed by atoms with E-state index in [1.54, 1.807) is 25.2 Å². The normalized spacial score (nSPS) is 11.2. The molecule has 0 saturated carbocycles. The van der Waals surface area contributed by atoms with Gasteiger partial charge in [-0.15, -0.1) is 0 Å². The minimum atomic E-state index is -4.27. The first-order chi connectivity index (χ1) is 9.46. The lowest BCUT2D eigenvalue weighted by molar-refractivity contribution is -0.0328. The highest BCUT2D eigenvalue weighted by atomic mass is 32.2. The molecule has 0 amide bonds. The Morgan fingerprint density at radius 1 is 1.05 bits per heavy atom. The van der Waals surface area contributed by atoms with Crippen LogP contribution in [0.25, 0.3) is 0 Å². The van der Waals surface area contributed by atoms with E-state index in [-0.39, 0.29) is 16.7 Å². The van der Waals surface area contributed by atoms with Crippen LogP contribution in [0.5, 0.6) is 0 Å². The maximum Gasteiger partial charge on any atom is 0.446 e. The third kappa shape index (κ3) is 4.30. The Morgan fingerprint density at radius 2 is 1.70 bits per heavy atom. The van der Waals surface area contributed by atoms with E-state index in [4.69, 9.17) is 0 Å². The molecule has 1 heterocycles. The monoisotopic (exact) mass is 300 g/mol. The SMILES string of the molecule is CNc1cc(Nc2ccc(SC(F)(F)F)cc2)ncn1. The van der Waals surface area contributed by atoms with Crippen LogP contribution in [0.1, 0.15) is 0 Å². The molecule has 0 atom stereocenters. The van der Waals surface area contributed by atoms with E-state index in [1.165, 1.54) is 18.5 Å². The summed E-state index contributed by atoms with van der Waals surface area (Å²) in [5, 5.41) is 5.86. The fourth-order valence-corrected chi connectivity index (χ4v) is 1.99. The first-order valence-electron chi connectivity index (χ1n) is 5.59.